The first-order valence-corrected chi connectivity index (χ1v) is 12.3. The summed E-state index contributed by atoms with van der Waals surface area (Å²) in [6.07, 6.45) is 2.62. The number of carbonyl (C=O) groups excluding carboxylic acids is 1. The van der Waals surface area contributed by atoms with E-state index in [1.54, 1.807) is 49.6 Å². The van der Waals surface area contributed by atoms with Gasteiger partial charge < -0.3 is 9.47 Å². The van der Waals surface area contributed by atoms with Gasteiger partial charge in [-0.05, 0) is 60.5 Å². The molecule has 0 fully saturated rings. The van der Waals surface area contributed by atoms with Gasteiger partial charge in [0.1, 0.15) is 11.5 Å². The standard InChI is InChI=1S/C25H27N3O5S/c1-18-7-5-6-8-20(18)17-28(34(4,30)31)22-11-9-19(10-12-22)25(29)27-26-16-21-15-23(32-2)13-14-24(21)33-3/h5-16H,17H2,1-4H3,(H,27,29)/b26-16-. The Balaban J connectivity index is 1.74. The van der Waals surface area contributed by atoms with Crippen LogP contribution in [-0.2, 0) is 16.6 Å². The van der Waals surface area contributed by atoms with E-state index in [1.807, 2.05) is 31.2 Å². The van der Waals surface area contributed by atoms with Crippen molar-refractivity contribution in [1.29, 1.82) is 0 Å². The lowest BCUT2D eigenvalue weighted by molar-refractivity contribution is 0.0955. The van der Waals surface area contributed by atoms with Gasteiger partial charge in [0, 0.05) is 11.1 Å². The van der Waals surface area contributed by atoms with Gasteiger partial charge in [-0.3, -0.25) is 9.10 Å². The van der Waals surface area contributed by atoms with Crippen molar-refractivity contribution >= 4 is 27.8 Å². The number of anilines is 1. The molecule has 0 aliphatic carbocycles. The molecule has 0 saturated heterocycles. The molecule has 9 heteroatoms. The second-order valence-corrected chi connectivity index (χ2v) is 9.46. The van der Waals surface area contributed by atoms with E-state index < -0.39 is 15.9 Å². The largest absolute Gasteiger partial charge is 0.497 e. The molecule has 3 aromatic carbocycles. The van der Waals surface area contributed by atoms with Crippen LogP contribution >= 0.6 is 0 Å². The number of methoxy groups -OCH3 is 2. The Morgan fingerprint density at radius 1 is 1.03 bits per heavy atom. The number of hydrogen-bond acceptors (Lipinski definition) is 6. The number of hydrogen-bond donors (Lipinski definition) is 1. The van der Waals surface area contributed by atoms with Gasteiger partial charge in [0.2, 0.25) is 10.0 Å². The van der Waals surface area contributed by atoms with Gasteiger partial charge >= 0.3 is 0 Å². The number of sulfonamides is 1. The Hall–Kier alpha value is -3.85. The molecule has 0 aliphatic heterocycles. The average molecular weight is 482 g/mol. The van der Waals surface area contributed by atoms with E-state index in [9.17, 15) is 13.2 Å². The van der Waals surface area contributed by atoms with E-state index in [1.165, 1.54) is 17.6 Å². The Bertz CT molecular complexity index is 1290. The van der Waals surface area contributed by atoms with Crippen LogP contribution in [0.15, 0.2) is 71.8 Å². The Kier molecular flexibility index (Phi) is 7.91. The van der Waals surface area contributed by atoms with Crippen molar-refractivity contribution in [3.05, 3.63) is 89.0 Å². The molecule has 0 saturated carbocycles. The number of nitrogens with one attached hydrogen (secondary N) is 1. The summed E-state index contributed by atoms with van der Waals surface area (Å²) in [5, 5.41) is 4.00. The highest BCUT2D eigenvalue weighted by Gasteiger charge is 2.19. The minimum atomic E-state index is -3.54. The molecule has 0 bridgehead atoms. The van der Waals surface area contributed by atoms with Crippen molar-refractivity contribution in [1.82, 2.24) is 5.43 Å². The number of hydrazone groups is 1. The molecule has 0 radical (unpaired) electrons. The van der Waals surface area contributed by atoms with Crippen molar-refractivity contribution in [2.75, 3.05) is 24.8 Å². The third-order valence-corrected chi connectivity index (χ3v) is 6.34. The highest BCUT2D eigenvalue weighted by molar-refractivity contribution is 7.92. The zero-order valence-corrected chi connectivity index (χ0v) is 20.3. The quantitative estimate of drug-likeness (QED) is 0.371. The second-order valence-electron chi connectivity index (χ2n) is 7.55. The number of nitrogens with zero attached hydrogens (tertiary/aromatic N) is 2. The summed E-state index contributed by atoms with van der Waals surface area (Å²) in [5.74, 6) is 0.775. The summed E-state index contributed by atoms with van der Waals surface area (Å²) in [7, 11) is -0.441. The van der Waals surface area contributed by atoms with E-state index in [2.05, 4.69) is 10.5 Å². The van der Waals surface area contributed by atoms with Crippen molar-refractivity contribution in [3.8, 4) is 11.5 Å². The first kappa shape index (κ1) is 24.8. The Morgan fingerprint density at radius 3 is 2.35 bits per heavy atom. The molecule has 34 heavy (non-hydrogen) atoms. The summed E-state index contributed by atoms with van der Waals surface area (Å²) in [6.45, 7) is 2.13. The van der Waals surface area contributed by atoms with Gasteiger partial charge in [-0.15, -0.1) is 0 Å². The Morgan fingerprint density at radius 2 is 1.74 bits per heavy atom. The highest BCUT2D eigenvalue weighted by atomic mass is 32.2. The van der Waals surface area contributed by atoms with Crippen LogP contribution < -0.4 is 19.2 Å². The van der Waals surface area contributed by atoms with Gasteiger partial charge in [-0.2, -0.15) is 5.10 Å². The van der Waals surface area contributed by atoms with E-state index in [0.717, 1.165) is 17.4 Å². The molecule has 1 N–H and O–H groups in total. The SMILES string of the molecule is COc1ccc(OC)c(/C=N\NC(=O)c2ccc(N(Cc3ccccc3C)S(C)(=O)=O)cc2)c1. The summed E-state index contributed by atoms with van der Waals surface area (Å²) in [6, 6.07) is 19.2. The van der Waals surface area contributed by atoms with Crippen molar-refractivity contribution in [3.63, 3.8) is 0 Å². The lowest BCUT2D eigenvalue weighted by Crippen LogP contribution is -2.29. The molecule has 3 aromatic rings. The van der Waals surface area contributed by atoms with E-state index in [0.29, 0.717) is 28.3 Å². The molecular formula is C25H27N3O5S. The molecule has 0 aliphatic rings. The topological polar surface area (TPSA) is 97.3 Å². The zero-order valence-electron chi connectivity index (χ0n) is 19.5. The maximum Gasteiger partial charge on any atom is 0.271 e. The van der Waals surface area contributed by atoms with Gasteiger partial charge in [0.05, 0.1) is 38.9 Å². The summed E-state index contributed by atoms with van der Waals surface area (Å²) in [5.41, 5.74) is 5.80. The average Bonchev–Trinajstić information content (AvgIpc) is 2.82. The van der Waals surface area contributed by atoms with E-state index in [4.69, 9.17) is 9.47 Å². The lowest BCUT2D eigenvalue weighted by atomic mass is 10.1. The van der Waals surface area contributed by atoms with Crippen molar-refractivity contribution in [2.24, 2.45) is 5.10 Å². The van der Waals surface area contributed by atoms with Gasteiger partial charge in [0.15, 0.2) is 0 Å². The fourth-order valence-electron chi connectivity index (χ4n) is 3.29. The molecule has 3 rings (SSSR count). The second kappa shape index (κ2) is 10.8. The number of benzene rings is 3. The molecule has 0 aromatic heterocycles. The van der Waals surface area contributed by atoms with Crippen molar-refractivity contribution in [2.45, 2.75) is 13.5 Å². The molecule has 0 atom stereocenters. The minimum Gasteiger partial charge on any atom is -0.497 e. The van der Waals surface area contributed by atoms with Crippen LogP contribution in [0.1, 0.15) is 27.0 Å². The van der Waals surface area contributed by atoms with Crippen LogP contribution in [0.5, 0.6) is 11.5 Å². The first-order chi connectivity index (χ1) is 16.2. The number of amides is 1. The van der Waals surface area contributed by atoms with Gasteiger partial charge in [-0.25, -0.2) is 13.8 Å². The van der Waals surface area contributed by atoms with Gasteiger partial charge in [-0.1, -0.05) is 24.3 Å². The number of carbonyl (C=O) groups is 1. The predicted octanol–water partition coefficient (Wildman–Crippen LogP) is 3.74. The number of ether oxygens (including phenoxy) is 2. The third kappa shape index (κ3) is 6.14. The van der Waals surface area contributed by atoms with Gasteiger partial charge in [0.25, 0.3) is 5.91 Å². The van der Waals surface area contributed by atoms with E-state index in [-0.39, 0.29) is 6.54 Å². The summed E-state index contributed by atoms with van der Waals surface area (Å²) in [4.78, 5) is 12.5. The highest BCUT2D eigenvalue weighted by Crippen LogP contribution is 2.23. The fraction of sp³-hybridized carbons (Fsp3) is 0.200. The lowest BCUT2D eigenvalue weighted by Gasteiger charge is -2.23. The van der Waals surface area contributed by atoms with Crippen LogP contribution in [0.4, 0.5) is 5.69 Å². The molecule has 1 amide bonds. The summed E-state index contributed by atoms with van der Waals surface area (Å²) >= 11 is 0. The van der Waals surface area contributed by atoms with Crippen LogP contribution in [0.25, 0.3) is 0 Å². The normalized spacial score (nSPS) is 11.3. The van der Waals surface area contributed by atoms with Crippen LogP contribution in [0.3, 0.4) is 0 Å². The van der Waals surface area contributed by atoms with Crippen LogP contribution in [0, 0.1) is 6.92 Å². The predicted molar refractivity (Wildman–Crippen MR) is 133 cm³/mol. The van der Waals surface area contributed by atoms with Crippen molar-refractivity contribution < 1.29 is 22.7 Å². The third-order valence-electron chi connectivity index (χ3n) is 5.20. The summed E-state index contributed by atoms with van der Waals surface area (Å²) < 4.78 is 36.7. The Labute approximate surface area is 199 Å². The molecule has 0 heterocycles. The molecule has 0 unspecified atom stereocenters. The minimum absolute atomic E-state index is 0.198. The number of aryl methyl sites for hydroxylation is 1. The van der Waals surface area contributed by atoms with E-state index >= 15 is 0 Å². The maximum absolute atomic E-state index is 12.5. The zero-order chi connectivity index (χ0) is 24.7. The first-order valence-electron chi connectivity index (χ1n) is 10.4. The monoisotopic (exact) mass is 481 g/mol. The van der Waals surface area contributed by atoms with Crippen LogP contribution in [0.2, 0.25) is 0 Å². The maximum atomic E-state index is 12.5. The molecule has 8 nitrogen and oxygen atoms in total. The molecular weight excluding hydrogens is 454 g/mol. The molecule has 178 valence electrons. The molecule has 0 spiro atoms. The smallest absolute Gasteiger partial charge is 0.271 e. The fourth-order valence-corrected chi connectivity index (χ4v) is 4.16. The van der Waals surface area contributed by atoms with Crippen LogP contribution in [-0.4, -0.2) is 41.0 Å². The number of rotatable bonds is 9.